The number of aryl methyl sites for hydroxylation is 1. The second-order valence-electron chi connectivity index (χ2n) is 7.29. The molecule has 1 aliphatic rings. The molecule has 0 radical (unpaired) electrons. The Hall–Kier alpha value is -2.33. The summed E-state index contributed by atoms with van der Waals surface area (Å²) in [4.78, 5) is 14.9. The van der Waals surface area contributed by atoms with Crippen LogP contribution < -0.4 is 10.1 Å². The molecule has 0 atom stereocenters. The molecule has 0 aliphatic carbocycles. The normalized spacial score (nSPS) is 15.5. The van der Waals surface area contributed by atoms with Crippen molar-refractivity contribution in [2.75, 3.05) is 20.2 Å². The van der Waals surface area contributed by atoms with Crippen molar-refractivity contribution in [2.24, 2.45) is 5.92 Å². The Morgan fingerprint density at radius 2 is 1.59 bits per heavy atom. The molecule has 1 N–H and O–H groups in total. The smallest absolute Gasteiger partial charge is 0.223 e. The quantitative estimate of drug-likeness (QED) is 0.811. The molecule has 2 aromatic rings. The molecule has 4 heteroatoms. The summed E-state index contributed by atoms with van der Waals surface area (Å²) in [6.45, 7) is 5.70. The highest BCUT2D eigenvalue weighted by atomic mass is 16.5. The molecule has 1 heterocycles. The second kappa shape index (κ2) is 9.56. The van der Waals surface area contributed by atoms with E-state index >= 15 is 0 Å². The third kappa shape index (κ3) is 5.57. The highest BCUT2D eigenvalue weighted by molar-refractivity contribution is 5.78. The SMILES string of the molecule is CCc1ccc(CN2CCC(C(=O)NCc3ccc(OC)cc3)CC2)cc1. The first-order valence-electron chi connectivity index (χ1n) is 9.88. The van der Waals surface area contributed by atoms with Gasteiger partial charge in [0, 0.05) is 19.0 Å². The Bertz CT molecular complexity index is 717. The van der Waals surface area contributed by atoms with E-state index in [0.29, 0.717) is 6.54 Å². The fourth-order valence-corrected chi connectivity index (χ4v) is 3.57. The van der Waals surface area contributed by atoms with Crippen LogP contribution in [0.3, 0.4) is 0 Å². The number of carbonyl (C=O) groups excluding carboxylic acids is 1. The van der Waals surface area contributed by atoms with E-state index < -0.39 is 0 Å². The van der Waals surface area contributed by atoms with Gasteiger partial charge in [0.05, 0.1) is 7.11 Å². The number of ether oxygens (including phenoxy) is 1. The number of carbonyl (C=O) groups is 1. The maximum atomic E-state index is 12.5. The zero-order valence-electron chi connectivity index (χ0n) is 16.4. The number of nitrogens with zero attached hydrogens (tertiary/aromatic N) is 1. The average molecular weight is 367 g/mol. The molecule has 27 heavy (non-hydrogen) atoms. The van der Waals surface area contributed by atoms with Crippen LogP contribution in [0.2, 0.25) is 0 Å². The molecule has 2 aromatic carbocycles. The van der Waals surface area contributed by atoms with E-state index in [1.165, 1.54) is 11.1 Å². The highest BCUT2D eigenvalue weighted by Gasteiger charge is 2.24. The number of hydrogen-bond donors (Lipinski definition) is 1. The van der Waals surface area contributed by atoms with E-state index in [1.54, 1.807) is 7.11 Å². The Morgan fingerprint density at radius 3 is 2.19 bits per heavy atom. The summed E-state index contributed by atoms with van der Waals surface area (Å²) in [6, 6.07) is 16.7. The number of likely N-dealkylation sites (tertiary alicyclic amines) is 1. The van der Waals surface area contributed by atoms with Gasteiger partial charge < -0.3 is 10.1 Å². The molecule has 1 saturated heterocycles. The van der Waals surface area contributed by atoms with Gasteiger partial charge in [-0.2, -0.15) is 0 Å². The van der Waals surface area contributed by atoms with E-state index in [-0.39, 0.29) is 11.8 Å². The largest absolute Gasteiger partial charge is 0.497 e. The van der Waals surface area contributed by atoms with Crippen molar-refractivity contribution >= 4 is 5.91 Å². The molecule has 0 unspecified atom stereocenters. The van der Waals surface area contributed by atoms with Gasteiger partial charge in [-0.3, -0.25) is 9.69 Å². The lowest BCUT2D eigenvalue weighted by atomic mass is 9.95. The summed E-state index contributed by atoms with van der Waals surface area (Å²) >= 11 is 0. The predicted molar refractivity (Wildman–Crippen MR) is 109 cm³/mol. The molecule has 1 aliphatic heterocycles. The van der Waals surface area contributed by atoms with Gasteiger partial charge in [0.25, 0.3) is 0 Å². The first kappa shape index (κ1) is 19.4. The third-order valence-corrected chi connectivity index (χ3v) is 5.42. The van der Waals surface area contributed by atoms with Crippen LogP contribution >= 0.6 is 0 Å². The van der Waals surface area contributed by atoms with Crippen molar-refractivity contribution in [1.29, 1.82) is 0 Å². The minimum Gasteiger partial charge on any atom is -0.497 e. The summed E-state index contributed by atoms with van der Waals surface area (Å²) in [5.74, 6) is 1.14. The van der Waals surface area contributed by atoms with Crippen LogP contribution in [-0.2, 0) is 24.3 Å². The van der Waals surface area contributed by atoms with Gasteiger partial charge in [-0.25, -0.2) is 0 Å². The summed E-state index contributed by atoms with van der Waals surface area (Å²) < 4.78 is 5.16. The standard InChI is InChI=1S/C23H30N2O2/c1-3-18-4-6-20(7-5-18)17-25-14-12-21(13-15-25)23(26)24-16-19-8-10-22(27-2)11-9-19/h4-11,21H,3,12-17H2,1-2H3,(H,24,26). The highest BCUT2D eigenvalue weighted by Crippen LogP contribution is 2.20. The van der Waals surface area contributed by atoms with Crippen LogP contribution in [0.1, 0.15) is 36.5 Å². The maximum absolute atomic E-state index is 12.5. The maximum Gasteiger partial charge on any atom is 0.223 e. The minimum atomic E-state index is 0.127. The van der Waals surface area contributed by atoms with E-state index in [1.807, 2.05) is 24.3 Å². The fourth-order valence-electron chi connectivity index (χ4n) is 3.57. The number of benzene rings is 2. The van der Waals surface area contributed by atoms with Crippen molar-refractivity contribution in [3.05, 3.63) is 65.2 Å². The van der Waals surface area contributed by atoms with Crippen molar-refractivity contribution in [3.8, 4) is 5.75 Å². The number of nitrogens with one attached hydrogen (secondary N) is 1. The van der Waals surface area contributed by atoms with E-state index in [9.17, 15) is 4.79 Å². The molecule has 1 fully saturated rings. The van der Waals surface area contributed by atoms with Crippen LogP contribution in [0.4, 0.5) is 0 Å². The van der Waals surface area contributed by atoms with E-state index in [0.717, 1.165) is 50.2 Å². The van der Waals surface area contributed by atoms with Gasteiger partial charge in [-0.05, 0) is 61.2 Å². The topological polar surface area (TPSA) is 41.6 Å². The van der Waals surface area contributed by atoms with Gasteiger partial charge in [0.15, 0.2) is 0 Å². The lowest BCUT2D eigenvalue weighted by molar-refractivity contribution is -0.126. The molecule has 1 amide bonds. The van der Waals surface area contributed by atoms with Gasteiger partial charge in [-0.15, -0.1) is 0 Å². The molecule has 0 saturated carbocycles. The van der Waals surface area contributed by atoms with E-state index in [2.05, 4.69) is 41.4 Å². The van der Waals surface area contributed by atoms with Crippen molar-refractivity contribution in [1.82, 2.24) is 10.2 Å². The molecular formula is C23H30N2O2. The Morgan fingerprint density at radius 1 is 1.00 bits per heavy atom. The van der Waals surface area contributed by atoms with Gasteiger partial charge in [-0.1, -0.05) is 43.3 Å². The second-order valence-corrected chi connectivity index (χ2v) is 7.29. The monoisotopic (exact) mass is 366 g/mol. The molecule has 0 spiro atoms. The number of amides is 1. The number of piperidine rings is 1. The molecule has 0 bridgehead atoms. The van der Waals surface area contributed by atoms with Crippen LogP contribution in [0, 0.1) is 5.92 Å². The van der Waals surface area contributed by atoms with Crippen LogP contribution in [-0.4, -0.2) is 31.0 Å². The van der Waals surface area contributed by atoms with Crippen LogP contribution in [0.25, 0.3) is 0 Å². The number of rotatable bonds is 7. The Balaban J connectivity index is 1.41. The molecule has 4 nitrogen and oxygen atoms in total. The van der Waals surface area contributed by atoms with Gasteiger partial charge in [0.2, 0.25) is 5.91 Å². The van der Waals surface area contributed by atoms with Crippen LogP contribution in [0.5, 0.6) is 5.75 Å². The van der Waals surface area contributed by atoms with E-state index in [4.69, 9.17) is 4.74 Å². The zero-order chi connectivity index (χ0) is 19.1. The third-order valence-electron chi connectivity index (χ3n) is 5.42. The van der Waals surface area contributed by atoms with Gasteiger partial charge >= 0.3 is 0 Å². The minimum absolute atomic E-state index is 0.127. The average Bonchev–Trinajstić information content (AvgIpc) is 2.73. The summed E-state index contributed by atoms with van der Waals surface area (Å²) in [7, 11) is 1.66. The molecule has 144 valence electrons. The molecular weight excluding hydrogens is 336 g/mol. The van der Waals surface area contributed by atoms with Crippen molar-refractivity contribution in [2.45, 2.75) is 39.3 Å². The predicted octanol–water partition coefficient (Wildman–Crippen LogP) is 3.79. The Kier molecular flexibility index (Phi) is 6.88. The zero-order valence-corrected chi connectivity index (χ0v) is 16.4. The first-order valence-corrected chi connectivity index (χ1v) is 9.88. The van der Waals surface area contributed by atoms with Crippen molar-refractivity contribution < 1.29 is 9.53 Å². The summed E-state index contributed by atoms with van der Waals surface area (Å²) in [5.41, 5.74) is 3.83. The van der Waals surface area contributed by atoms with Gasteiger partial charge in [0.1, 0.15) is 5.75 Å². The summed E-state index contributed by atoms with van der Waals surface area (Å²) in [5, 5.41) is 3.09. The first-order chi connectivity index (χ1) is 13.2. The molecule has 3 rings (SSSR count). The Labute approximate surface area is 162 Å². The summed E-state index contributed by atoms with van der Waals surface area (Å²) in [6.07, 6.45) is 2.94. The van der Waals surface area contributed by atoms with Crippen molar-refractivity contribution in [3.63, 3.8) is 0 Å². The lowest BCUT2D eigenvalue weighted by Crippen LogP contribution is -2.40. The fraction of sp³-hybridized carbons (Fsp3) is 0.435. The number of hydrogen-bond acceptors (Lipinski definition) is 3. The molecule has 0 aromatic heterocycles. The lowest BCUT2D eigenvalue weighted by Gasteiger charge is -2.31. The number of methoxy groups -OCH3 is 1. The van der Waals surface area contributed by atoms with Crippen LogP contribution in [0.15, 0.2) is 48.5 Å².